The van der Waals surface area contributed by atoms with E-state index < -0.39 is 23.0 Å². The lowest BCUT2D eigenvalue weighted by Crippen LogP contribution is -2.26. The Morgan fingerprint density at radius 1 is 1.45 bits per heavy atom. The van der Waals surface area contributed by atoms with Crippen molar-refractivity contribution in [3.05, 3.63) is 38.9 Å². The molecular formula is C12H12ClNO6. The molecule has 0 aliphatic carbocycles. The lowest BCUT2D eigenvalue weighted by Gasteiger charge is -2.12. The van der Waals surface area contributed by atoms with Crippen LogP contribution in [0.2, 0.25) is 5.02 Å². The number of rotatable bonds is 5. The summed E-state index contributed by atoms with van der Waals surface area (Å²) in [5.74, 6) is -1.64. The molecule has 0 spiro atoms. The quantitative estimate of drug-likeness (QED) is 0.470. The third-order valence-corrected chi connectivity index (χ3v) is 2.61. The molecule has 0 radical (unpaired) electrons. The molecule has 0 amide bonds. The standard InChI is InChI=1S/C12H12ClNO6/c1-3-19-11(15)7(2)20-12(16)9-6-8(14(17)18)4-5-10(9)13/h4-7H,3H2,1-2H3/t7-/m0/s1. The number of hydrogen-bond acceptors (Lipinski definition) is 6. The second kappa shape index (κ2) is 6.85. The van der Waals surface area contributed by atoms with Gasteiger partial charge in [0, 0.05) is 12.1 Å². The van der Waals surface area contributed by atoms with Crippen molar-refractivity contribution in [1.82, 2.24) is 0 Å². The van der Waals surface area contributed by atoms with Gasteiger partial charge in [0.05, 0.1) is 22.1 Å². The highest BCUT2D eigenvalue weighted by atomic mass is 35.5. The van der Waals surface area contributed by atoms with Crippen LogP contribution in [0.4, 0.5) is 5.69 Å². The Hall–Kier alpha value is -2.15. The molecule has 0 aromatic heterocycles. The number of halogens is 1. The first-order valence-corrected chi connectivity index (χ1v) is 6.06. The van der Waals surface area contributed by atoms with E-state index in [9.17, 15) is 19.7 Å². The molecule has 0 aliphatic rings. The number of nitrogens with zero attached hydrogens (tertiary/aromatic N) is 1. The van der Waals surface area contributed by atoms with Crippen molar-refractivity contribution in [2.45, 2.75) is 20.0 Å². The Morgan fingerprint density at radius 2 is 2.10 bits per heavy atom. The topological polar surface area (TPSA) is 95.7 Å². The number of nitro benzene ring substituents is 1. The molecule has 1 aromatic rings. The molecule has 20 heavy (non-hydrogen) atoms. The predicted octanol–water partition coefficient (Wildman–Crippen LogP) is 2.36. The maximum absolute atomic E-state index is 11.8. The average molecular weight is 302 g/mol. The molecule has 0 saturated carbocycles. The largest absolute Gasteiger partial charge is 0.463 e. The molecule has 0 saturated heterocycles. The first-order chi connectivity index (χ1) is 9.36. The Kier molecular flexibility index (Phi) is 5.45. The lowest BCUT2D eigenvalue weighted by molar-refractivity contribution is -0.384. The summed E-state index contributed by atoms with van der Waals surface area (Å²) in [7, 11) is 0. The van der Waals surface area contributed by atoms with Crippen LogP contribution in [0.15, 0.2) is 18.2 Å². The number of non-ortho nitro benzene ring substituents is 1. The summed E-state index contributed by atoms with van der Waals surface area (Å²) in [6.45, 7) is 3.10. The molecule has 7 nitrogen and oxygen atoms in total. The zero-order valence-electron chi connectivity index (χ0n) is 10.8. The van der Waals surface area contributed by atoms with E-state index in [2.05, 4.69) is 4.74 Å². The van der Waals surface area contributed by atoms with Crippen LogP contribution in [0.1, 0.15) is 24.2 Å². The highest BCUT2D eigenvalue weighted by Gasteiger charge is 2.23. The summed E-state index contributed by atoms with van der Waals surface area (Å²) < 4.78 is 9.52. The van der Waals surface area contributed by atoms with E-state index in [1.165, 1.54) is 13.0 Å². The third-order valence-electron chi connectivity index (χ3n) is 2.28. The van der Waals surface area contributed by atoms with Crippen LogP contribution < -0.4 is 0 Å². The minimum Gasteiger partial charge on any atom is -0.463 e. The fourth-order valence-electron chi connectivity index (χ4n) is 1.32. The van der Waals surface area contributed by atoms with E-state index in [-0.39, 0.29) is 22.9 Å². The third kappa shape index (κ3) is 3.92. The number of nitro groups is 1. The van der Waals surface area contributed by atoms with Gasteiger partial charge in [-0.2, -0.15) is 0 Å². The van der Waals surface area contributed by atoms with E-state index in [0.29, 0.717) is 0 Å². The SMILES string of the molecule is CCOC(=O)[C@H](C)OC(=O)c1cc([N+](=O)[O-])ccc1Cl. The van der Waals surface area contributed by atoms with Crippen molar-refractivity contribution in [1.29, 1.82) is 0 Å². The van der Waals surface area contributed by atoms with Gasteiger partial charge in [0.1, 0.15) is 0 Å². The summed E-state index contributed by atoms with van der Waals surface area (Å²) in [5.41, 5.74) is -0.484. The molecule has 0 aliphatic heterocycles. The molecule has 0 unspecified atom stereocenters. The van der Waals surface area contributed by atoms with E-state index in [1.807, 2.05) is 0 Å². The number of benzene rings is 1. The highest BCUT2D eigenvalue weighted by Crippen LogP contribution is 2.23. The second-order valence-electron chi connectivity index (χ2n) is 3.72. The van der Waals surface area contributed by atoms with Gasteiger partial charge in [-0.3, -0.25) is 10.1 Å². The molecule has 1 rings (SSSR count). The van der Waals surface area contributed by atoms with Gasteiger partial charge in [0.25, 0.3) is 5.69 Å². The molecule has 0 heterocycles. The van der Waals surface area contributed by atoms with Crippen LogP contribution in [0.5, 0.6) is 0 Å². The van der Waals surface area contributed by atoms with Gasteiger partial charge in [0.15, 0.2) is 6.10 Å². The Labute approximate surface area is 119 Å². The summed E-state index contributed by atoms with van der Waals surface area (Å²) in [6, 6.07) is 3.36. The molecule has 0 N–H and O–H groups in total. The number of esters is 2. The monoisotopic (exact) mass is 301 g/mol. The van der Waals surface area contributed by atoms with E-state index in [4.69, 9.17) is 16.3 Å². The van der Waals surface area contributed by atoms with Crippen LogP contribution in [0.25, 0.3) is 0 Å². The van der Waals surface area contributed by atoms with Gasteiger partial charge < -0.3 is 9.47 Å². The molecule has 0 bridgehead atoms. The molecule has 108 valence electrons. The maximum atomic E-state index is 11.8. The summed E-state index contributed by atoms with van der Waals surface area (Å²) in [6.07, 6.45) is -1.13. The second-order valence-corrected chi connectivity index (χ2v) is 4.13. The van der Waals surface area contributed by atoms with E-state index in [1.54, 1.807) is 6.92 Å². The minimum absolute atomic E-state index is 0.00309. The Bertz CT molecular complexity index is 545. The molecule has 1 atom stereocenters. The van der Waals surface area contributed by atoms with Crippen molar-refractivity contribution < 1.29 is 24.0 Å². The predicted molar refractivity (Wildman–Crippen MR) is 69.6 cm³/mol. The van der Waals surface area contributed by atoms with Crippen LogP contribution in [-0.4, -0.2) is 29.6 Å². The summed E-state index contributed by atoms with van der Waals surface area (Å²) >= 11 is 5.78. The fraction of sp³-hybridized carbons (Fsp3) is 0.333. The van der Waals surface area contributed by atoms with Crippen molar-refractivity contribution in [3.8, 4) is 0 Å². The molecule has 1 aromatic carbocycles. The minimum atomic E-state index is -1.13. The maximum Gasteiger partial charge on any atom is 0.347 e. The van der Waals surface area contributed by atoms with Crippen LogP contribution in [0.3, 0.4) is 0 Å². The van der Waals surface area contributed by atoms with Gasteiger partial charge in [-0.1, -0.05) is 11.6 Å². The molecule has 8 heteroatoms. The van der Waals surface area contributed by atoms with Crippen LogP contribution >= 0.6 is 11.6 Å². The fourth-order valence-corrected chi connectivity index (χ4v) is 1.51. The first kappa shape index (κ1) is 15.9. The zero-order valence-corrected chi connectivity index (χ0v) is 11.5. The van der Waals surface area contributed by atoms with Gasteiger partial charge in [-0.25, -0.2) is 9.59 Å². The molecule has 0 fully saturated rings. The number of hydrogen-bond donors (Lipinski definition) is 0. The van der Waals surface area contributed by atoms with E-state index >= 15 is 0 Å². The smallest absolute Gasteiger partial charge is 0.347 e. The first-order valence-electron chi connectivity index (χ1n) is 5.68. The number of carbonyl (C=O) groups excluding carboxylic acids is 2. The van der Waals surface area contributed by atoms with Gasteiger partial charge in [-0.05, 0) is 19.9 Å². The summed E-state index contributed by atoms with van der Waals surface area (Å²) in [5, 5.41) is 10.6. The zero-order chi connectivity index (χ0) is 15.3. The van der Waals surface area contributed by atoms with Crippen molar-refractivity contribution >= 4 is 29.2 Å². The Morgan fingerprint density at radius 3 is 2.65 bits per heavy atom. The average Bonchev–Trinajstić information content (AvgIpc) is 2.38. The summed E-state index contributed by atoms with van der Waals surface area (Å²) in [4.78, 5) is 33.1. The normalized spacial score (nSPS) is 11.6. The van der Waals surface area contributed by atoms with Gasteiger partial charge in [0.2, 0.25) is 0 Å². The van der Waals surface area contributed by atoms with Crippen molar-refractivity contribution in [2.24, 2.45) is 0 Å². The molecular weight excluding hydrogens is 290 g/mol. The van der Waals surface area contributed by atoms with Crippen LogP contribution in [-0.2, 0) is 14.3 Å². The van der Waals surface area contributed by atoms with Crippen molar-refractivity contribution in [3.63, 3.8) is 0 Å². The van der Waals surface area contributed by atoms with Crippen LogP contribution in [0, 0.1) is 10.1 Å². The van der Waals surface area contributed by atoms with Crippen molar-refractivity contribution in [2.75, 3.05) is 6.61 Å². The number of ether oxygens (including phenoxy) is 2. The Balaban J connectivity index is 2.89. The highest BCUT2D eigenvalue weighted by molar-refractivity contribution is 6.33. The van der Waals surface area contributed by atoms with E-state index in [0.717, 1.165) is 12.1 Å². The van der Waals surface area contributed by atoms with Gasteiger partial charge >= 0.3 is 11.9 Å². The lowest BCUT2D eigenvalue weighted by atomic mass is 10.2. The number of carbonyl (C=O) groups is 2. The van der Waals surface area contributed by atoms with Gasteiger partial charge in [-0.15, -0.1) is 0 Å².